The highest BCUT2D eigenvalue weighted by Crippen LogP contribution is 2.33. The fraction of sp³-hybridized carbons (Fsp3) is 0.667. The third-order valence-corrected chi connectivity index (χ3v) is 6.05. The van der Waals surface area contributed by atoms with Gasteiger partial charge in [0.25, 0.3) is 0 Å². The number of amides is 2. The molecule has 0 aromatic heterocycles. The van der Waals surface area contributed by atoms with E-state index < -0.39 is 44.8 Å². The largest absolute Gasteiger partial charge is 0.368 e. The van der Waals surface area contributed by atoms with E-state index in [-0.39, 0.29) is 43.7 Å². The molecular weight excluding hydrogens is 395 g/mol. The average Bonchev–Trinajstić information content (AvgIpc) is 2.79. The third kappa shape index (κ3) is 5.68. The van der Waals surface area contributed by atoms with E-state index in [1.54, 1.807) is 12.1 Å². The molecular formula is C21H32Cl2N4O. The van der Waals surface area contributed by atoms with Crippen LogP contribution in [0.15, 0.2) is 18.2 Å². The Morgan fingerprint density at radius 1 is 1.21 bits per heavy atom. The van der Waals surface area contributed by atoms with Gasteiger partial charge in [0.2, 0.25) is 0 Å². The first-order valence-corrected chi connectivity index (χ1v) is 10.2. The Morgan fingerprint density at radius 2 is 1.93 bits per heavy atom. The normalized spacial score (nSPS) is 30.7. The van der Waals surface area contributed by atoms with Crippen molar-refractivity contribution in [1.29, 1.82) is 0 Å². The van der Waals surface area contributed by atoms with Crippen LogP contribution in [0.25, 0.3) is 0 Å². The van der Waals surface area contributed by atoms with E-state index in [4.69, 9.17) is 36.9 Å². The number of rotatable bonds is 5. The summed E-state index contributed by atoms with van der Waals surface area (Å²) < 4.78 is 79.2. The molecule has 2 aliphatic rings. The van der Waals surface area contributed by atoms with Gasteiger partial charge in [-0.25, -0.2) is 4.79 Å². The van der Waals surface area contributed by atoms with Crippen LogP contribution in [0.5, 0.6) is 0 Å². The zero-order valence-corrected chi connectivity index (χ0v) is 17.1. The van der Waals surface area contributed by atoms with Gasteiger partial charge >= 0.3 is 6.03 Å². The smallest absolute Gasteiger partial charge is 0.317 e. The molecule has 1 aromatic rings. The lowest BCUT2D eigenvalue weighted by atomic mass is 9.84. The first-order chi connectivity index (χ1) is 17.4. The van der Waals surface area contributed by atoms with Crippen molar-refractivity contribution >= 4 is 34.9 Å². The van der Waals surface area contributed by atoms with Crippen LogP contribution in [0, 0.1) is 5.92 Å². The number of benzene rings is 1. The number of hydrogen-bond donors (Lipinski definition) is 1. The van der Waals surface area contributed by atoms with Gasteiger partial charge < -0.3 is 15.1 Å². The highest BCUT2D eigenvalue weighted by atomic mass is 35.5. The molecule has 28 heavy (non-hydrogen) atoms. The molecule has 1 aliphatic carbocycles. The Labute approximate surface area is 193 Å². The molecule has 1 heterocycles. The van der Waals surface area contributed by atoms with Gasteiger partial charge in [-0.1, -0.05) is 29.3 Å². The van der Waals surface area contributed by atoms with E-state index in [9.17, 15) is 4.79 Å². The maximum absolute atomic E-state index is 12.5. The minimum absolute atomic E-state index is 0.139. The number of nitrogens with one attached hydrogen (secondary N) is 1. The van der Waals surface area contributed by atoms with Crippen LogP contribution in [-0.2, 0) is 0 Å². The van der Waals surface area contributed by atoms with Crippen molar-refractivity contribution in [3.63, 3.8) is 0 Å². The fourth-order valence-corrected chi connectivity index (χ4v) is 4.01. The molecule has 156 valence electrons. The summed E-state index contributed by atoms with van der Waals surface area (Å²) in [5, 5.41) is 3.30. The lowest BCUT2D eigenvalue weighted by Gasteiger charge is -2.37. The Bertz CT molecular complexity index is 977. The zero-order valence-electron chi connectivity index (χ0n) is 25.5. The van der Waals surface area contributed by atoms with E-state index in [1.807, 2.05) is 11.0 Å². The predicted octanol–water partition coefficient (Wildman–Crippen LogP) is 4.34. The summed E-state index contributed by atoms with van der Waals surface area (Å²) in [5.41, 5.74) is 0.748. The number of nitrogens with zero attached hydrogens (tertiary/aromatic N) is 3. The molecule has 1 saturated heterocycles. The number of piperazine rings is 1. The summed E-state index contributed by atoms with van der Waals surface area (Å²) in [6.07, 6.45) is -1.18. The zero-order chi connectivity index (χ0) is 28.7. The monoisotopic (exact) mass is 436 g/mol. The van der Waals surface area contributed by atoms with Crippen LogP contribution in [0.4, 0.5) is 10.5 Å². The van der Waals surface area contributed by atoms with Crippen LogP contribution in [-0.4, -0.2) is 68.5 Å². The molecule has 2 fully saturated rings. The van der Waals surface area contributed by atoms with Gasteiger partial charge in [0.1, 0.15) is 0 Å². The van der Waals surface area contributed by atoms with Crippen LogP contribution in [0.3, 0.4) is 0 Å². The molecule has 0 unspecified atom stereocenters. The Balaban J connectivity index is 1.59. The van der Waals surface area contributed by atoms with Crippen LogP contribution in [0.1, 0.15) is 45.8 Å². The molecule has 1 aromatic carbocycles. The topological polar surface area (TPSA) is 38.8 Å². The van der Waals surface area contributed by atoms with Gasteiger partial charge in [0.05, 0.1) is 15.7 Å². The molecule has 0 radical (unpaired) electrons. The van der Waals surface area contributed by atoms with Gasteiger partial charge in [-0.3, -0.25) is 4.90 Å². The number of hydrogen-bond acceptors (Lipinski definition) is 3. The van der Waals surface area contributed by atoms with Gasteiger partial charge in [-0.2, -0.15) is 0 Å². The molecule has 1 saturated carbocycles. The molecule has 1 N–H and O–H groups in total. The van der Waals surface area contributed by atoms with Gasteiger partial charge in [-0.05, 0) is 56.6 Å². The summed E-state index contributed by atoms with van der Waals surface area (Å²) in [4.78, 5) is 15.8. The second-order valence-electron chi connectivity index (χ2n) is 7.14. The van der Waals surface area contributed by atoms with E-state index >= 15 is 0 Å². The molecule has 0 spiro atoms. The third-order valence-electron chi connectivity index (χ3n) is 5.24. The standard InChI is InChI=1S/C21H32Cl2N4O/c1-25(2)21(28)24-17-8-6-16(7-9-17)10-11-26-12-14-27(15-13-26)19-5-3-4-18(22)20(19)23/h3-5,16-17H,6-15H2,1-2H3,(H,24,28)/i1D3,2D3,10D2,11D2. The Kier molecular flexibility index (Phi) is 4.26. The van der Waals surface area contributed by atoms with Gasteiger partial charge in [0, 0.05) is 59.9 Å². The van der Waals surface area contributed by atoms with Crippen molar-refractivity contribution in [2.24, 2.45) is 5.92 Å². The first-order valence-electron chi connectivity index (χ1n) is 14.4. The van der Waals surface area contributed by atoms with Crippen LogP contribution < -0.4 is 10.2 Å². The highest BCUT2D eigenvalue weighted by Gasteiger charge is 2.24. The van der Waals surface area contributed by atoms with E-state index in [2.05, 4.69) is 5.32 Å². The second-order valence-corrected chi connectivity index (χ2v) is 7.92. The molecule has 0 atom stereocenters. The van der Waals surface area contributed by atoms with Gasteiger partial charge in [-0.15, -0.1) is 0 Å². The minimum Gasteiger partial charge on any atom is -0.368 e. The number of urea groups is 1. The lowest BCUT2D eigenvalue weighted by molar-refractivity contribution is 0.194. The maximum atomic E-state index is 12.5. The maximum Gasteiger partial charge on any atom is 0.317 e. The molecule has 1 aliphatic heterocycles. The Morgan fingerprint density at radius 3 is 2.61 bits per heavy atom. The van der Waals surface area contributed by atoms with Crippen LogP contribution in [0.2, 0.25) is 10.0 Å². The quantitative estimate of drug-likeness (QED) is 0.745. The van der Waals surface area contributed by atoms with Crippen LogP contribution >= 0.6 is 23.2 Å². The van der Waals surface area contributed by atoms with Crippen molar-refractivity contribution in [1.82, 2.24) is 15.1 Å². The minimum atomic E-state index is -3.15. The second kappa shape index (κ2) is 10.0. The molecule has 3 rings (SSSR count). The van der Waals surface area contributed by atoms with Crippen molar-refractivity contribution in [2.75, 3.05) is 51.5 Å². The lowest BCUT2D eigenvalue weighted by Crippen LogP contribution is -2.47. The van der Waals surface area contributed by atoms with Crippen molar-refractivity contribution in [3.05, 3.63) is 28.2 Å². The summed E-state index contributed by atoms with van der Waals surface area (Å²) in [6.45, 7) is -7.13. The highest BCUT2D eigenvalue weighted by molar-refractivity contribution is 6.43. The summed E-state index contributed by atoms with van der Waals surface area (Å²) in [5.74, 6) is -0.646. The first kappa shape index (κ1) is 11.9. The van der Waals surface area contributed by atoms with E-state index in [0.29, 0.717) is 23.1 Å². The molecule has 2 amide bonds. The van der Waals surface area contributed by atoms with E-state index in [0.717, 1.165) is 5.69 Å². The summed E-state index contributed by atoms with van der Waals surface area (Å²) >= 11 is 12.4. The average molecular weight is 437 g/mol. The summed E-state index contributed by atoms with van der Waals surface area (Å²) in [7, 11) is 0. The van der Waals surface area contributed by atoms with Gasteiger partial charge in [0.15, 0.2) is 0 Å². The Hall–Kier alpha value is -1.17. The number of anilines is 1. The predicted molar refractivity (Wildman–Crippen MR) is 118 cm³/mol. The van der Waals surface area contributed by atoms with Crippen molar-refractivity contribution in [3.8, 4) is 0 Å². The molecule has 7 heteroatoms. The SMILES string of the molecule is [2H]C([2H])([2H])N(C(=O)NC1CCC(C([2H])([2H])C([2H])([2H])N2CCN(c3cccc(Cl)c3Cl)CC2)CC1)C([2H])([2H])[2H]. The fourth-order valence-electron chi connectivity index (χ4n) is 3.60. The number of carbonyl (C=O) groups is 1. The molecule has 5 nitrogen and oxygen atoms in total. The molecule has 0 bridgehead atoms. The van der Waals surface area contributed by atoms with Crippen molar-refractivity contribution in [2.45, 2.75) is 38.1 Å². The van der Waals surface area contributed by atoms with E-state index in [1.165, 1.54) is 4.90 Å². The number of halogens is 2. The summed E-state index contributed by atoms with van der Waals surface area (Å²) in [6, 6.07) is 3.54. The number of carbonyl (C=O) groups excluding carboxylic acids is 1. The van der Waals surface area contributed by atoms with Crippen molar-refractivity contribution < 1.29 is 18.5 Å².